The van der Waals surface area contributed by atoms with Gasteiger partial charge in [0, 0.05) is 29.2 Å². The number of rotatable bonds is 3. The van der Waals surface area contributed by atoms with E-state index in [1.165, 1.54) is 0 Å². The molecule has 130 valence electrons. The predicted molar refractivity (Wildman–Crippen MR) is 95.3 cm³/mol. The van der Waals surface area contributed by atoms with Gasteiger partial charge in [-0.2, -0.15) is 4.98 Å². The minimum absolute atomic E-state index is 0.0645. The number of aromatic amines is 1. The van der Waals surface area contributed by atoms with Crippen LogP contribution >= 0.6 is 0 Å². The third-order valence-electron chi connectivity index (χ3n) is 4.86. The van der Waals surface area contributed by atoms with Gasteiger partial charge in [0.1, 0.15) is 0 Å². The summed E-state index contributed by atoms with van der Waals surface area (Å²) in [5.41, 5.74) is 2.96. The van der Waals surface area contributed by atoms with E-state index in [0.29, 0.717) is 18.3 Å². The highest BCUT2D eigenvalue weighted by atomic mass is 16.5. The lowest BCUT2D eigenvalue weighted by atomic mass is 10.0. The molecule has 1 aliphatic heterocycles. The zero-order valence-electron chi connectivity index (χ0n) is 14.6. The van der Waals surface area contributed by atoms with Crippen LogP contribution in [-0.4, -0.2) is 26.6 Å². The number of nitrogens with one attached hydrogen (secondary N) is 1. The number of hydrogen-bond acceptors (Lipinski definition) is 5. The molecule has 0 unspecified atom stereocenters. The second kappa shape index (κ2) is 6.44. The van der Waals surface area contributed by atoms with Gasteiger partial charge in [0.25, 0.3) is 0 Å². The quantitative estimate of drug-likeness (QED) is 0.793. The first-order valence-corrected chi connectivity index (χ1v) is 8.77. The number of H-pyrrole nitrogens is 1. The van der Waals surface area contributed by atoms with Crippen LogP contribution in [0.1, 0.15) is 48.3 Å². The summed E-state index contributed by atoms with van der Waals surface area (Å²) in [7, 11) is 0. The Morgan fingerprint density at radius 2 is 2.16 bits per heavy atom. The average molecular weight is 338 g/mol. The largest absolute Gasteiger partial charge is 0.357 e. The molecule has 0 spiro atoms. The molecule has 1 N–H and O–H groups in total. The molecule has 0 aliphatic carbocycles. The molecular formula is C19H22N4O2. The molecule has 1 atom stereocenters. The molecule has 1 aliphatic rings. The van der Waals surface area contributed by atoms with E-state index in [2.05, 4.69) is 20.0 Å². The van der Waals surface area contributed by atoms with Gasteiger partial charge in [-0.1, -0.05) is 23.2 Å². The molecule has 25 heavy (non-hydrogen) atoms. The molecule has 6 heteroatoms. The van der Waals surface area contributed by atoms with Crippen LogP contribution in [0.5, 0.6) is 0 Å². The highest BCUT2D eigenvalue weighted by molar-refractivity contribution is 5.79. The van der Waals surface area contributed by atoms with Crippen LogP contribution in [0.2, 0.25) is 0 Å². The summed E-state index contributed by atoms with van der Waals surface area (Å²) >= 11 is 0. The van der Waals surface area contributed by atoms with Crippen LogP contribution in [0.25, 0.3) is 10.9 Å². The molecule has 0 amide bonds. The van der Waals surface area contributed by atoms with Gasteiger partial charge < -0.3 is 9.51 Å². The predicted octanol–water partition coefficient (Wildman–Crippen LogP) is 3.26. The van der Waals surface area contributed by atoms with E-state index < -0.39 is 0 Å². The third-order valence-corrected chi connectivity index (χ3v) is 4.86. The van der Waals surface area contributed by atoms with Crippen molar-refractivity contribution in [1.82, 2.24) is 20.0 Å². The Bertz CT molecular complexity index is 959. The van der Waals surface area contributed by atoms with Crippen molar-refractivity contribution in [3.8, 4) is 0 Å². The molecule has 0 radical (unpaired) electrons. The topological polar surface area (TPSA) is 75.0 Å². The smallest absolute Gasteiger partial charge is 0.243 e. The molecule has 6 nitrogen and oxygen atoms in total. The van der Waals surface area contributed by atoms with Gasteiger partial charge in [0.2, 0.25) is 5.89 Å². The minimum atomic E-state index is 0.0645. The number of piperidine rings is 1. The molecular weight excluding hydrogens is 316 g/mol. The lowest BCUT2D eigenvalue weighted by Gasteiger charge is -2.33. The normalized spacial score (nSPS) is 18.7. The molecule has 4 rings (SSSR count). The van der Waals surface area contributed by atoms with Crippen molar-refractivity contribution in [2.45, 2.75) is 45.7 Å². The monoisotopic (exact) mass is 338 g/mol. The first kappa shape index (κ1) is 16.0. The van der Waals surface area contributed by atoms with E-state index in [1.807, 2.05) is 32.0 Å². The molecule has 1 fully saturated rings. The summed E-state index contributed by atoms with van der Waals surface area (Å²) in [6.07, 6.45) is 3.29. The standard InChI is InChI=1S/C19H22N4O2/c1-12-6-7-16-15(9-12)18(24)10-14(21-16)11-23-8-4-3-5-17(23)19-20-13(2)22-25-19/h6-7,9-10,17H,3-5,8,11H2,1-2H3,(H,21,24)/t17-/m0/s1. The van der Waals surface area contributed by atoms with Crippen LogP contribution in [0.4, 0.5) is 0 Å². The SMILES string of the molecule is Cc1ccc2[nH]c(CN3CCCC[C@H]3c3nc(C)no3)cc(=O)c2c1. The fourth-order valence-corrected chi connectivity index (χ4v) is 3.63. The van der Waals surface area contributed by atoms with Gasteiger partial charge in [-0.3, -0.25) is 9.69 Å². The Hall–Kier alpha value is -2.47. The van der Waals surface area contributed by atoms with Crippen molar-refractivity contribution in [2.24, 2.45) is 0 Å². The highest BCUT2D eigenvalue weighted by Crippen LogP contribution is 2.31. The zero-order chi connectivity index (χ0) is 17.4. The van der Waals surface area contributed by atoms with E-state index in [4.69, 9.17) is 4.52 Å². The second-order valence-corrected chi connectivity index (χ2v) is 6.87. The lowest BCUT2D eigenvalue weighted by Crippen LogP contribution is -2.33. The van der Waals surface area contributed by atoms with Crippen molar-refractivity contribution < 1.29 is 4.52 Å². The van der Waals surface area contributed by atoms with E-state index in [-0.39, 0.29) is 11.5 Å². The van der Waals surface area contributed by atoms with E-state index in [1.54, 1.807) is 6.07 Å². The number of likely N-dealkylation sites (tertiary alicyclic amines) is 1. The van der Waals surface area contributed by atoms with Crippen LogP contribution in [-0.2, 0) is 6.54 Å². The highest BCUT2D eigenvalue weighted by Gasteiger charge is 2.28. The van der Waals surface area contributed by atoms with Crippen LogP contribution in [0.3, 0.4) is 0 Å². The number of aromatic nitrogens is 3. The van der Waals surface area contributed by atoms with Gasteiger partial charge in [0.15, 0.2) is 11.3 Å². The maximum Gasteiger partial charge on any atom is 0.243 e. The van der Waals surface area contributed by atoms with Crippen molar-refractivity contribution >= 4 is 10.9 Å². The maximum atomic E-state index is 12.5. The minimum Gasteiger partial charge on any atom is -0.357 e. The van der Waals surface area contributed by atoms with Crippen LogP contribution in [0, 0.1) is 13.8 Å². The van der Waals surface area contributed by atoms with Gasteiger partial charge in [-0.05, 0) is 45.4 Å². The second-order valence-electron chi connectivity index (χ2n) is 6.87. The van der Waals surface area contributed by atoms with Gasteiger partial charge in [-0.15, -0.1) is 0 Å². The molecule has 0 saturated carbocycles. The maximum absolute atomic E-state index is 12.5. The number of fused-ring (bicyclic) bond motifs is 1. The molecule has 1 saturated heterocycles. The average Bonchev–Trinajstić information content (AvgIpc) is 3.02. The molecule has 1 aromatic carbocycles. The fraction of sp³-hybridized carbons (Fsp3) is 0.421. The van der Waals surface area contributed by atoms with Gasteiger partial charge >= 0.3 is 0 Å². The summed E-state index contributed by atoms with van der Waals surface area (Å²) in [5, 5.41) is 4.67. The summed E-state index contributed by atoms with van der Waals surface area (Å²) in [4.78, 5) is 22.6. The van der Waals surface area contributed by atoms with E-state index >= 15 is 0 Å². The Balaban J connectivity index is 1.64. The van der Waals surface area contributed by atoms with Crippen molar-refractivity contribution in [2.75, 3.05) is 6.54 Å². The number of benzene rings is 1. The van der Waals surface area contributed by atoms with Crippen molar-refractivity contribution in [3.05, 3.63) is 57.5 Å². The Kier molecular flexibility index (Phi) is 4.13. The summed E-state index contributed by atoms with van der Waals surface area (Å²) in [6.45, 7) is 5.46. The first-order chi connectivity index (χ1) is 12.1. The summed E-state index contributed by atoms with van der Waals surface area (Å²) in [6, 6.07) is 7.76. The number of hydrogen-bond donors (Lipinski definition) is 1. The molecule has 3 aromatic rings. The van der Waals surface area contributed by atoms with Crippen molar-refractivity contribution in [1.29, 1.82) is 0 Å². The first-order valence-electron chi connectivity index (χ1n) is 8.77. The van der Waals surface area contributed by atoms with Crippen LogP contribution < -0.4 is 5.43 Å². The summed E-state index contributed by atoms with van der Waals surface area (Å²) in [5.74, 6) is 1.34. The third kappa shape index (κ3) is 3.22. The number of nitrogens with zero attached hydrogens (tertiary/aromatic N) is 3. The van der Waals surface area contributed by atoms with Crippen LogP contribution in [0.15, 0.2) is 33.6 Å². The number of aryl methyl sites for hydroxylation is 2. The Morgan fingerprint density at radius 3 is 2.96 bits per heavy atom. The molecule has 2 aromatic heterocycles. The summed E-state index contributed by atoms with van der Waals surface area (Å²) < 4.78 is 5.40. The fourth-order valence-electron chi connectivity index (χ4n) is 3.63. The van der Waals surface area contributed by atoms with Crippen molar-refractivity contribution in [3.63, 3.8) is 0 Å². The lowest BCUT2D eigenvalue weighted by molar-refractivity contribution is 0.110. The Labute approximate surface area is 145 Å². The Morgan fingerprint density at radius 1 is 1.28 bits per heavy atom. The molecule has 3 heterocycles. The zero-order valence-corrected chi connectivity index (χ0v) is 14.6. The van der Waals surface area contributed by atoms with E-state index in [9.17, 15) is 4.79 Å². The number of pyridine rings is 1. The van der Waals surface area contributed by atoms with Gasteiger partial charge in [0.05, 0.1) is 6.04 Å². The van der Waals surface area contributed by atoms with Gasteiger partial charge in [-0.25, -0.2) is 0 Å². The van der Waals surface area contributed by atoms with E-state index in [0.717, 1.165) is 48.0 Å². The molecule has 0 bridgehead atoms.